The molecule has 0 rings (SSSR count). The van der Waals surface area contributed by atoms with Crippen molar-refractivity contribution in [1.29, 1.82) is 5.26 Å². The van der Waals surface area contributed by atoms with Gasteiger partial charge in [0.25, 0.3) is 0 Å². The summed E-state index contributed by atoms with van der Waals surface area (Å²) < 4.78 is 0. The third-order valence-electron chi connectivity index (χ3n) is 1.28. The molecule has 0 bridgehead atoms. The fourth-order valence-corrected chi connectivity index (χ4v) is 0.226. The molecule has 0 aromatic carbocycles. The summed E-state index contributed by atoms with van der Waals surface area (Å²) >= 11 is 0. The van der Waals surface area contributed by atoms with Gasteiger partial charge >= 0.3 is 0 Å². The molecule has 0 N–H and O–H groups in total. The molecule has 8 heavy (non-hydrogen) atoms. The predicted molar refractivity (Wildman–Crippen MR) is 33.9 cm³/mol. The van der Waals surface area contributed by atoms with Crippen molar-refractivity contribution in [3.8, 4) is 6.07 Å². The molecule has 0 aliphatic carbocycles. The minimum Gasteiger partial charge on any atom is -0.279 e. The molecule has 0 aromatic rings. The Morgan fingerprint density at radius 1 is 1.88 bits per heavy atom. The standard InChI is InChI=1S/C6H10N2/c1-4-6(2,5-7)8-3/h3-4H2,1-2H3. The lowest BCUT2D eigenvalue weighted by Crippen LogP contribution is -2.16. The number of hydrogen-bond acceptors (Lipinski definition) is 2. The molecule has 0 radical (unpaired) electrons. The van der Waals surface area contributed by atoms with Gasteiger partial charge in [-0.25, -0.2) is 0 Å². The Morgan fingerprint density at radius 3 is 2.38 bits per heavy atom. The first-order valence-corrected chi connectivity index (χ1v) is 2.57. The first kappa shape index (κ1) is 7.16. The first-order valence-electron chi connectivity index (χ1n) is 2.57. The maximum atomic E-state index is 8.40. The first-order chi connectivity index (χ1) is 3.68. The van der Waals surface area contributed by atoms with Crippen LogP contribution in [0.25, 0.3) is 0 Å². The van der Waals surface area contributed by atoms with E-state index >= 15 is 0 Å². The number of nitrogens with zero attached hydrogens (tertiary/aromatic N) is 2. The molecule has 0 fully saturated rings. The van der Waals surface area contributed by atoms with Crippen molar-refractivity contribution in [2.45, 2.75) is 25.8 Å². The minimum atomic E-state index is -0.556. The van der Waals surface area contributed by atoms with E-state index in [0.29, 0.717) is 0 Å². The van der Waals surface area contributed by atoms with E-state index in [2.05, 4.69) is 11.7 Å². The molecule has 0 saturated heterocycles. The van der Waals surface area contributed by atoms with Gasteiger partial charge in [-0.05, 0) is 20.1 Å². The van der Waals surface area contributed by atoms with E-state index in [0.717, 1.165) is 6.42 Å². The van der Waals surface area contributed by atoms with Gasteiger partial charge < -0.3 is 0 Å². The predicted octanol–water partition coefficient (Wildman–Crippen LogP) is 1.38. The highest BCUT2D eigenvalue weighted by Crippen LogP contribution is 2.10. The fourth-order valence-electron chi connectivity index (χ4n) is 0.226. The molecule has 2 nitrogen and oxygen atoms in total. The summed E-state index contributed by atoms with van der Waals surface area (Å²) in [6.45, 7) is 6.98. The van der Waals surface area contributed by atoms with Crippen LogP contribution in [0.2, 0.25) is 0 Å². The topological polar surface area (TPSA) is 36.1 Å². The van der Waals surface area contributed by atoms with Crippen molar-refractivity contribution in [3.05, 3.63) is 0 Å². The summed E-state index contributed by atoms with van der Waals surface area (Å²) in [5.74, 6) is 0. The number of rotatable bonds is 2. The Kier molecular flexibility index (Phi) is 2.20. The van der Waals surface area contributed by atoms with E-state index in [9.17, 15) is 0 Å². The van der Waals surface area contributed by atoms with Crippen LogP contribution < -0.4 is 0 Å². The zero-order chi connectivity index (χ0) is 6.62. The zero-order valence-electron chi connectivity index (χ0n) is 5.31. The second-order valence-electron chi connectivity index (χ2n) is 1.90. The number of nitriles is 1. The van der Waals surface area contributed by atoms with Crippen LogP contribution in [0.5, 0.6) is 0 Å². The van der Waals surface area contributed by atoms with Crippen LogP contribution in [-0.2, 0) is 0 Å². The quantitative estimate of drug-likeness (QED) is 0.494. The van der Waals surface area contributed by atoms with E-state index < -0.39 is 5.54 Å². The van der Waals surface area contributed by atoms with Crippen LogP contribution in [0.1, 0.15) is 20.3 Å². The summed E-state index contributed by atoms with van der Waals surface area (Å²) in [5.41, 5.74) is -0.556. The van der Waals surface area contributed by atoms with Gasteiger partial charge in [0.15, 0.2) is 0 Å². The lowest BCUT2D eigenvalue weighted by molar-refractivity contribution is 0.586. The Labute approximate surface area is 49.9 Å². The second-order valence-corrected chi connectivity index (χ2v) is 1.90. The average molecular weight is 110 g/mol. The average Bonchev–Trinajstić information content (AvgIpc) is 1.87. The van der Waals surface area contributed by atoms with Gasteiger partial charge in [0.1, 0.15) is 5.54 Å². The van der Waals surface area contributed by atoms with E-state index in [4.69, 9.17) is 5.26 Å². The van der Waals surface area contributed by atoms with Crippen LogP contribution in [0.15, 0.2) is 4.99 Å². The van der Waals surface area contributed by atoms with E-state index in [-0.39, 0.29) is 0 Å². The molecule has 0 aromatic heterocycles. The molecule has 0 heterocycles. The molecule has 2 heteroatoms. The maximum absolute atomic E-state index is 8.40. The summed E-state index contributed by atoms with van der Waals surface area (Å²) in [5, 5.41) is 8.40. The lowest BCUT2D eigenvalue weighted by Gasteiger charge is -2.10. The van der Waals surface area contributed by atoms with Crippen molar-refractivity contribution in [2.75, 3.05) is 0 Å². The van der Waals surface area contributed by atoms with Crippen LogP contribution in [0, 0.1) is 11.3 Å². The van der Waals surface area contributed by atoms with Gasteiger partial charge in [-0.1, -0.05) is 6.92 Å². The van der Waals surface area contributed by atoms with E-state index in [1.54, 1.807) is 6.92 Å². The van der Waals surface area contributed by atoms with Gasteiger partial charge in [0.05, 0.1) is 6.07 Å². The molecule has 0 aliphatic rings. The van der Waals surface area contributed by atoms with Crippen molar-refractivity contribution < 1.29 is 0 Å². The third-order valence-corrected chi connectivity index (χ3v) is 1.28. The van der Waals surface area contributed by atoms with Gasteiger partial charge in [-0.2, -0.15) is 5.26 Å². The van der Waals surface area contributed by atoms with Crippen molar-refractivity contribution in [3.63, 3.8) is 0 Å². The molecule has 44 valence electrons. The molecule has 0 saturated carbocycles. The number of hydrogen-bond donors (Lipinski definition) is 0. The van der Waals surface area contributed by atoms with E-state index in [1.807, 2.05) is 13.0 Å². The van der Waals surface area contributed by atoms with Gasteiger partial charge in [0, 0.05) is 0 Å². The van der Waals surface area contributed by atoms with Crippen molar-refractivity contribution in [2.24, 2.45) is 4.99 Å². The van der Waals surface area contributed by atoms with Gasteiger partial charge in [-0.15, -0.1) is 0 Å². The van der Waals surface area contributed by atoms with Crippen molar-refractivity contribution in [1.82, 2.24) is 0 Å². The molecule has 1 atom stereocenters. The zero-order valence-corrected chi connectivity index (χ0v) is 5.31. The van der Waals surface area contributed by atoms with Crippen LogP contribution in [0.4, 0.5) is 0 Å². The largest absolute Gasteiger partial charge is 0.279 e. The Hall–Kier alpha value is -0.840. The molecule has 0 spiro atoms. The maximum Gasteiger partial charge on any atom is 0.143 e. The summed E-state index contributed by atoms with van der Waals surface area (Å²) in [4.78, 5) is 3.65. The Balaban J connectivity index is 4.03. The lowest BCUT2D eigenvalue weighted by atomic mass is 10.0. The number of aliphatic imine (C=N–C) groups is 1. The minimum absolute atomic E-state index is 0.556. The molecular weight excluding hydrogens is 100 g/mol. The smallest absolute Gasteiger partial charge is 0.143 e. The van der Waals surface area contributed by atoms with E-state index in [1.165, 1.54) is 0 Å². The molecule has 0 aliphatic heterocycles. The third kappa shape index (κ3) is 1.34. The fraction of sp³-hybridized carbons (Fsp3) is 0.667. The molecule has 1 unspecified atom stereocenters. The van der Waals surface area contributed by atoms with Crippen LogP contribution in [-0.4, -0.2) is 12.3 Å². The van der Waals surface area contributed by atoms with Crippen LogP contribution in [0.3, 0.4) is 0 Å². The highest BCUT2D eigenvalue weighted by Gasteiger charge is 2.16. The molecular formula is C6H10N2. The Bertz CT molecular complexity index is 123. The van der Waals surface area contributed by atoms with Gasteiger partial charge in [0.2, 0.25) is 0 Å². The summed E-state index contributed by atoms with van der Waals surface area (Å²) in [6.07, 6.45) is 0.729. The van der Waals surface area contributed by atoms with Crippen molar-refractivity contribution >= 4 is 6.72 Å². The summed E-state index contributed by atoms with van der Waals surface area (Å²) in [7, 11) is 0. The molecule has 0 amide bonds. The van der Waals surface area contributed by atoms with Gasteiger partial charge in [-0.3, -0.25) is 4.99 Å². The Morgan fingerprint density at radius 2 is 2.38 bits per heavy atom. The summed E-state index contributed by atoms with van der Waals surface area (Å²) in [6, 6.07) is 2.05. The SMILES string of the molecule is C=NC(C)(C#N)CC. The normalized spacial score (nSPS) is 16.1. The highest BCUT2D eigenvalue weighted by molar-refractivity contribution is 5.28. The van der Waals surface area contributed by atoms with Crippen LogP contribution >= 0.6 is 0 Å². The monoisotopic (exact) mass is 110 g/mol. The second kappa shape index (κ2) is 2.46. The highest BCUT2D eigenvalue weighted by atomic mass is 14.8.